The lowest BCUT2D eigenvalue weighted by Gasteiger charge is -1.99. The zero-order chi connectivity index (χ0) is 13.6. The summed E-state index contributed by atoms with van der Waals surface area (Å²) in [5, 5.41) is 0.258. The molecule has 6 nitrogen and oxygen atoms in total. The van der Waals surface area contributed by atoms with Gasteiger partial charge in [0.05, 0.1) is 12.8 Å². The Hall–Kier alpha value is -2.41. The second kappa shape index (κ2) is 4.06. The first kappa shape index (κ1) is 11.7. The summed E-state index contributed by atoms with van der Waals surface area (Å²) in [7, 11) is 1.27. The number of carbonyl (C=O) groups excluding carboxylic acids is 1. The summed E-state index contributed by atoms with van der Waals surface area (Å²) in [6.07, 6.45) is 1.61. The van der Waals surface area contributed by atoms with Gasteiger partial charge in [0.1, 0.15) is 20.7 Å². The predicted molar refractivity (Wildman–Crippen MR) is 72.6 cm³/mol. The van der Waals surface area contributed by atoms with E-state index >= 15 is 0 Å². The molecule has 0 radical (unpaired) electrons. The fourth-order valence-corrected chi connectivity index (χ4v) is 2.89. The quantitative estimate of drug-likeness (QED) is 0.676. The first-order valence-corrected chi connectivity index (χ1v) is 6.23. The van der Waals surface area contributed by atoms with Crippen molar-refractivity contribution in [3.05, 3.63) is 39.6 Å². The molecule has 0 aliphatic heterocycles. The van der Waals surface area contributed by atoms with Gasteiger partial charge in [0.25, 0.3) is 5.56 Å². The van der Waals surface area contributed by atoms with Gasteiger partial charge in [-0.25, -0.2) is 9.78 Å². The topological polar surface area (TPSA) is 86.7 Å². The van der Waals surface area contributed by atoms with Gasteiger partial charge >= 0.3 is 5.97 Å². The van der Waals surface area contributed by atoms with Gasteiger partial charge in [-0.05, 0) is 12.1 Å². The molecule has 0 aromatic carbocycles. The van der Waals surface area contributed by atoms with Gasteiger partial charge in [-0.2, -0.15) is 0 Å². The van der Waals surface area contributed by atoms with Crippen molar-refractivity contribution in [1.29, 1.82) is 0 Å². The van der Waals surface area contributed by atoms with Crippen LogP contribution in [0.1, 0.15) is 9.67 Å². The minimum Gasteiger partial charge on any atom is -0.465 e. The number of anilines is 1. The van der Waals surface area contributed by atoms with E-state index in [1.54, 1.807) is 24.4 Å². The number of pyridine rings is 1. The zero-order valence-electron chi connectivity index (χ0n) is 9.91. The summed E-state index contributed by atoms with van der Waals surface area (Å²) in [4.78, 5) is 28.9. The largest absolute Gasteiger partial charge is 0.465 e. The third kappa shape index (κ3) is 1.59. The van der Waals surface area contributed by atoms with Crippen molar-refractivity contribution >= 4 is 38.9 Å². The maximum Gasteiger partial charge on any atom is 0.350 e. The molecule has 3 rings (SSSR count). The molecule has 3 aromatic rings. The Morgan fingerprint density at radius 3 is 3.00 bits per heavy atom. The lowest BCUT2D eigenvalue weighted by atomic mass is 10.3. The number of hydrogen-bond donors (Lipinski definition) is 1. The van der Waals surface area contributed by atoms with Crippen LogP contribution >= 0.6 is 11.3 Å². The van der Waals surface area contributed by atoms with Gasteiger partial charge in [0.2, 0.25) is 0 Å². The van der Waals surface area contributed by atoms with Crippen LogP contribution in [0, 0.1) is 0 Å². The Kier molecular flexibility index (Phi) is 2.49. The molecule has 96 valence electrons. The average Bonchev–Trinajstić information content (AvgIpc) is 2.75. The molecular weight excluding hydrogens is 266 g/mol. The molecule has 0 amide bonds. The number of nitrogens with zero attached hydrogens (tertiary/aromatic N) is 2. The molecule has 0 unspecified atom stereocenters. The number of nitrogen functional groups attached to an aromatic ring is 1. The van der Waals surface area contributed by atoms with Gasteiger partial charge in [-0.1, -0.05) is 6.07 Å². The van der Waals surface area contributed by atoms with Gasteiger partial charge in [0, 0.05) is 6.20 Å². The van der Waals surface area contributed by atoms with E-state index in [1.807, 2.05) is 0 Å². The zero-order valence-corrected chi connectivity index (χ0v) is 10.7. The highest BCUT2D eigenvalue weighted by Crippen LogP contribution is 2.30. The fraction of sp³-hybridized carbons (Fsp3) is 0.0833. The minimum absolute atomic E-state index is 0.127. The Morgan fingerprint density at radius 1 is 1.47 bits per heavy atom. The number of rotatable bonds is 1. The van der Waals surface area contributed by atoms with Crippen molar-refractivity contribution in [1.82, 2.24) is 9.38 Å². The van der Waals surface area contributed by atoms with Crippen molar-refractivity contribution in [2.75, 3.05) is 12.8 Å². The van der Waals surface area contributed by atoms with E-state index in [4.69, 9.17) is 5.73 Å². The minimum atomic E-state index is -0.561. The standard InChI is InChI=1S/C12H9N3O3S/c1-18-12(17)9-8(13)7-10(19-9)14-6-4-2-3-5-15(6)11(7)16/h2-5H,13H2,1H3. The second-order valence-electron chi connectivity index (χ2n) is 3.86. The van der Waals surface area contributed by atoms with E-state index in [1.165, 1.54) is 11.5 Å². The number of fused-ring (bicyclic) bond motifs is 2. The first-order chi connectivity index (χ1) is 9.13. The molecule has 0 atom stereocenters. The molecule has 0 aliphatic rings. The van der Waals surface area contributed by atoms with E-state index in [2.05, 4.69) is 9.72 Å². The average molecular weight is 275 g/mol. The van der Waals surface area contributed by atoms with E-state index in [9.17, 15) is 9.59 Å². The van der Waals surface area contributed by atoms with E-state index < -0.39 is 5.97 Å². The molecule has 19 heavy (non-hydrogen) atoms. The van der Waals surface area contributed by atoms with E-state index in [0.29, 0.717) is 10.5 Å². The predicted octanol–water partition coefficient (Wildman–Crippen LogP) is 1.28. The summed E-state index contributed by atoms with van der Waals surface area (Å²) >= 11 is 1.06. The highest BCUT2D eigenvalue weighted by molar-refractivity contribution is 7.21. The van der Waals surface area contributed by atoms with Gasteiger partial charge < -0.3 is 10.5 Å². The smallest absolute Gasteiger partial charge is 0.350 e. The molecule has 0 saturated heterocycles. The molecule has 7 heteroatoms. The monoisotopic (exact) mass is 275 g/mol. The van der Waals surface area contributed by atoms with Crippen molar-refractivity contribution in [3.63, 3.8) is 0 Å². The maximum atomic E-state index is 12.3. The van der Waals surface area contributed by atoms with Crippen LogP contribution in [-0.2, 0) is 4.74 Å². The molecule has 0 bridgehead atoms. The van der Waals surface area contributed by atoms with Crippen molar-refractivity contribution in [3.8, 4) is 0 Å². The summed E-state index contributed by atoms with van der Waals surface area (Å²) in [6.45, 7) is 0. The molecule has 2 N–H and O–H groups in total. The van der Waals surface area contributed by atoms with Crippen molar-refractivity contribution in [2.45, 2.75) is 0 Å². The summed E-state index contributed by atoms with van der Waals surface area (Å²) < 4.78 is 6.03. The Morgan fingerprint density at radius 2 is 2.26 bits per heavy atom. The van der Waals surface area contributed by atoms with Crippen molar-refractivity contribution < 1.29 is 9.53 Å². The number of esters is 1. The van der Waals surface area contributed by atoms with Crippen LogP contribution in [0.25, 0.3) is 15.9 Å². The fourth-order valence-electron chi connectivity index (χ4n) is 1.88. The lowest BCUT2D eigenvalue weighted by Crippen LogP contribution is -2.15. The van der Waals surface area contributed by atoms with Crippen LogP contribution < -0.4 is 11.3 Å². The Labute approximate surface area is 111 Å². The molecule has 3 aromatic heterocycles. The highest BCUT2D eigenvalue weighted by Gasteiger charge is 2.20. The van der Waals surface area contributed by atoms with Gasteiger partial charge in [-0.3, -0.25) is 9.20 Å². The molecule has 0 saturated carbocycles. The number of nitrogens with two attached hydrogens (primary N) is 1. The van der Waals surface area contributed by atoms with Crippen molar-refractivity contribution in [2.24, 2.45) is 0 Å². The maximum absolute atomic E-state index is 12.3. The Balaban J connectivity index is 2.48. The molecule has 0 aliphatic carbocycles. The van der Waals surface area contributed by atoms with Crippen LogP contribution in [0.15, 0.2) is 29.2 Å². The SMILES string of the molecule is COC(=O)c1sc2nc3ccccn3c(=O)c2c1N. The molecule has 3 heterocycles. The van der Waals surface area contributed by atoms with Crippen LogP contribution in [0.4, 0.5) is 5.69 Å². The highest BCUT2D eigenvalue weighted by atomic mass is 32.1. The number of carbonyl (C=O) groups is 1. The normalized spacial score (nSPS) is 11.0. The summed E-state index contributed by atoms with van der Waals surface area (Å²) in [5.41, 5.74) is 6.22. The van der Waals surface area contributed by atoms with E-state index in [-0.39, 0.29) is 21.5 Å². The molecule has 0 fully saturated rings. The van der Waals surface area contributed by atoms with Crippen LogP contribution in [0.5, 0.6) is 0 Å². The first-order valence-electron chi connectivity index (χ1n) is 5.41. The third-order valence-corrected chi connectivity index (χ3v) is 3.86. The lowest BCUT2D eigenvalue weighted by molar-refractivity contribution is 0.0607. The molecular formula is C12H9N3O3S. The summed E-state index contributed by atoms with van der Waals surface area (Å²) in [6, 6.07) is 5.23. The van der Waals surface area contributed by atoms with Crippen LogP contribution in [-0.4, -0.2) is 22.5 Å². The number of ether oxygens (including phenoxy) is 1. The van der Waals surface area contributed by atoms with Crippen LogP contribution in [0.2, 0.25) is 0 Å². The number of thiophene rings is 1. The number of hydrogen-bond acceptors (Lipinski definition) is 6. The van der Waals surface area contributed by atoms with Crippen LogP contribution in [0.3, 0.4) is 0 Å². The number of methoxy groups -OCH3 is 1. The summed E-state index contributed by atoms with van der Waals surface area (Å²) in [5.74, 6) is -0.561. The van der Waals surface area contributed by atoms with Gasteiger partial charge in [0.15, 0.2) is 0 Å². The second-order valence-corrected chi connectivity index (χ2v) is 4.86. The Bertz CT molecular complexity index is 866. The number of aromatic nitrogens is 2. The van der Waals surface area contributed by atoms with E-state index in [0.717, 1.165) is 11.3 Å². The molecule has 0 spiro atoms. The third-order valence-electron chi connectivity index (χ3n) is 2.78. The van der Waals surface area contributed by atoms with Gasteiger partial charge in [-0.15, -0.1) is 11.3 Å².